The molecule has 3 heterocycles. The van der Waals surface area contributed by atoms with E-state index in [0.29, 0.717) is 13.1 Å². The minimum absolute atomic E-state index is 0.168. The quantitative estimate of drug-likeness (QED) is 0.823. The fourth-order valence-electron chi connectivity index (χ4n) is 4.31. The van der Waals surface area contributed by atoms with Crippen molar-refractivity contribution in [3.63, 3.8) is 0 Å². The highest BCUT2D eigenvalue weighted by Gasteiger charge is 2.44. The molecule has 1 aromatic rings. The van der Waals surface area contributed by atoms with E-state index in [1.54, 1.807) is 11.9 Å². The first-order valence-electron chi connectivity index (χ1n) is 9.11. The third-order valence-electron chi connectivity index (χ3n) is 5.68. The largest absolute Gasteiger partial charge is 0.441 e. The zero-order chi connectivity index (χ0) is 17.4. The summed E-state index contributed by atoms with van der Waals surface area (Å²) in [5.41, 5.74) is 1.96. The molecule has 2 saturated heterocycles. The molecule has 25 heavy (non-hydrogen) atoms. The first kappa shape index (κ1) is 16.4. The molecule has 3 aliphatic heterocycles. The van der Waals surface area contributed by atoms with Gasteiger partial charge in [0.05, 0.1) is 13.1 Å². The predicted molar refractivity (Wildman–Crippen MR) is 94.6 cm³/mol. The molecule has 3 aliphatic rings. The van der Waals surface area contributed by atoms with Crippen molar-refractivity contribution in [1.82, 2.24) is 9.80 Å². The lowest BCUT2D eigenvalue weighted by atomic mass is 9.95. The van der Waals surface area contributed by atoms with Gasteiger partial charge >= 0.3 is 6.09 Å². The van der Waals surface area contributed by atoms with Crippen molar-refractivity contribution in [2.45, 2.75) is 31.3 Å². The molecule has 0 unspecified atom stereocenters. The van der Waals surface area contributed by atoms with Crippen LogP contribution in [0.5, 0.6) is 0 Å². The van der Waals surface area contributed by atoms with Gasteiger partial charge < -0.3 is 14.5 Å². The number of fused-ring (bicyclic) bond motifs is 1. The Hall–Kier alpha value is -2.08. The van der Waals surface area contributed by atoms with E-state index >= 15 is 0 Å². The number of carbonyl (C=O) groups is 2. The molecule has 6 heteroatoms. The normalized spacial score (nSPS) is 26.7. The maximum atomic E-state index is 12.8. The molecule has 0 radical (unpaired) electrons. The number of hydrogen-bond acceptors (Lipinski definition) is 4. The number of hydrogen-bond donors (Lipinski definition) is 0. The van der Waals surface area contributed by atoms with Gasteiger partial charge in [-0.05, 0) is 37.4 Å². The molecule has 0 N–H and O–H groups in total. The number of ether oxygens (including phenoxy) is 1. The van der Waals surface area contributed by atoms with Crippen LogP contribution >= 0.6 is 0 Å². The summed E-state index contributed by atoms with van der Waals surface area (Å²) < 4.78 is 5.65. The Labute approximate surface area is 148 Å². The van der Waals surface area contributed by atoms with Crippen LogP contribution in [0.25, 0.3) is 0 Å². The second kappa shape index (κ2) is 6.33. The highest BCUT2D eigenvalue weighted by atomic mass is 16.6. The molecule has 0 bridgehead atoms. The van der Waals surface area contributed by atoms with Crippen molar-refractivity contribution < 1.29 is 14.3 Å². The summed E-state index contributed by atoms with van der Waals surface area (Å²) in [6, 6.07) is 8.15. The molecule has 6 nitrogen and oxygen atoms in total. The molecule has 4 rings (SSSR count). The van der Waals surface area contributed by atoms with E-state index in [2.05, 4.69) is 11.0 Å². The molecule has 2 fully saturated rings. The van der Waals surface area contributed by atoms with Crippen molar-refractivity contribution >= 4 is 17.7 Å². The monoisotopic (exact) mass is 343 g/mol. The summed E-state index contributed by atoms with van der Waals surface area (Å²) in [7, 11) is 1.79. The van der Waals surface area contributed by atoms with Gasteiger partial charge in [0, 0.05) is 32.2 Å². The number of amides is 2. The number of nitrogens with zero attached hydrogens (tertiary/aromatic N) is 3. The summed E-state index contributed by atoms with van der Waals surface area (Å²) in [4.78, 5) is 30.3. The number of carbonyl (C=O) groups excluding carboxylic acids is 2. The molecule has 0 aliphatic carbocycles. The number of likely N-dealkylation sites (N-methyl/N-ethyl adjacent to an activating group) is 1. The number of anilines is 1. The third-order valence-corrected chi connectivity index (χ3v) is 5.68. The van der Waals surface area contributed by atoms with Crippen LogP contribution in [0, 0.1) is 0 Å². The van der Waals surface area contributed by atoms with E-state index in [9.17, 15) is 9.59 Å². The maximum absolute atomic E-state index is 12.8. The smallest absolute Gasteiger partial charge is 0.410 e. The van der Waals surface area contributed by atoms with Gasteiger partial charge in [-0.15, -0.1) is 0 Å². The van der Waals surface area contributed by atoms with Crippen molar-refractivity contribution in [2.24, 2.45) is 0 Å². The van der Waals surface area contributed by atoms with Gasteiger partial charge in [-0.1, -0.05) is 18.2 Å². The van der Waals surface area contributed by atoms with Gasteiger partial charge in [-0.3, -0.25) is 9.69 Å². The Balaban J connectivity index is 1.38. The first-order valence-corrected chi connectivity index (χ1v) is 9.11. The van der Waals surface area contributed by atoms with Crippen LogP contribution in [0.2, 0.25) is 0 Å². The second-order valence-corrected chi connectivity index (χ2v) is 7.46. The van der Waals surface area contributed by atoms with Crippen LogP contribution in [0.3, 0.4) is 0 Å². The lowest BCUT2D eigenvalue weighted by molar-refractivity contribution is -0.119. The minimum Gasteiger partial charge on any atom is -0.441 e. The molecular formula is C19H25N3O3. The average molecular weight is 343 g/mol. The van der Waals surface area contributed by atoms with Crippen LogP contribution < -0.4 is 4.90 Å². The summed E-state index contributed by atoms with van der Waals surface area (Å²) >= 11 is 0. The number of benzene rings is 1. The average Bonchev–Trinajstić information content (AvgIpc) is 3.08. The highest BCUT2D eigenvalue weighted by molar-refractivity contribution is 5.96. The third kappa shape index (κ3) is 3.11. The van der Waals surface area contributed by atoms with E-state index in [0.717, 1.165) is 51.0 Å². The van der Waals surface area contributed by atoms with Crippen LogP contribution in [0.4, 0.5) is 10.5 Å². The summed E-state index contributed by atoms with van der Waals surface area (Å²) in [6.07, 6.45) is 3.34. The van der Waals surface area contributed by atoms with Crippen molar-refractivity contribution in [3.05, 3.63) is 29.8 Å². The molecule has 1 atom stereocenters. The summed E-state index contributed by atoms with van der Waals surface area (Å²) in [5.74, 6) is 0.168. The van der Waals surface area contributed by atoms with Gasteiger partial charge in [-0.25, -0.2) is 4.79 Å². The van der Waals surface area contributed by atoms with E-state index in [4.69, 9.17) is 4.74 Å². The lowest BCUT2D eigenvalue weighted by Crippen LogP contribution is -2.41. The van der Waals surface area contributed by atoms with Crippen molar-refractivity contribution in [2.75, 3.05) is 44.7 Å². The molecule has 0 aromatic heterocycles. The molecule has 2 amide bonds. The first-order chi connectivity index (χ1) is 12.1. The maximum Gasteiger partial charge on any atom is 0.410 e. The SMILES string of the molecule is CN1C[C@@]2(CCCN(CC(=O)N3CCc4ccccc43)CC2)OC1=O. The standard InChI is InChI=1S/C19H25N3O3/c1-20-14-19(25-18(20)24)8-4-10-21(12-9-19)13-17(23)22-11-7-15-5-2-3-6-16(15)22/h2-3,5-6H,4,7-14H2,1H3/t19-/m0/s1. The van der Waals surface area contributed by atoms with Crippen LogP contribution in [0.15, 0.2) is 24.3 Å². The van der Waals surface area contributed by atoms with E-state index in [1.165, 1.54) is 5.56 Å². The number of rotatable bonds is 2. The van der Waals surface area contributed by atoms with E-state index in [1.807, 2.05) is 23.1 Å². The Kier molecular flexibility index (Phi) is 4.15. The second-order valence-electron chi connectivity index (χ2n) is 7.46. The van der Waals surface area contributed by atoms with Crippen LogP contribution in [-0.2, 0) is 16.0 Å². The van der Waals surface area contributed by atoms with Crippen LogP contribution in [0.1, 0.15) is 24.8 Å². The number of likely N-dealkylation sites (tertiary alicyclic amines) is 1. The number of para-hydroxylation sites is 1. The Morgan fingerprint density at radius 2 is 2.04 bits per heavy atom. The highest BCUT2D eigenvalue weighted by Crippen LogP contribution is 2.33. The van der Waals surface area contributed by atoms with Gasteiger partial charge in [0.1, 0.15) is 5.60 Å². The Bertz CT molecular complexity index is 692. The van der Waals surface area contributed by atoms with Gasteiger partial charge in [-0.2, -0.15) is 0 Å². The Morgan fingerprint density at radius 3 is 2.84 bits per heavy atom. The molecule has 134 valence electrons. The lowest BCUT2D eigenvalue weighted by Gasteiger charge is -2.26. The predicted octanol–water partition coefficient (Wildman–Crippen LogP) is 1.88. The van der Waals surface area contributed by atoms with Gasteiger partial charge in [0.25, 0.3) is 0 Å². The zero-order valence-electron chi connectivity index (χ0n) is 14.7. The summed E-state index contributed by atoms with van der Waals surface area (Å²) in [5, 5.41) is 0. The van der Waals surface area contributed by atoms with Gasteiger partial charge in [0.15, 0.2) is 0 Å². The van der Waals surface area contributed by atoms with Crippen molar-refractivity contribution in [1.29, 1.82) is 0 Å². The van der Waals surface area contributed by atoms with E-state index < -0.39 is 0 Å². The molecule has 1 spiro atoms. The topological polar surface area (TPSA) is 53.1 Å². The fourth-order valence-corrected chi connectivity index (χ4v) is 4.31. The molecule has 0 saturated carbocycles. The Morgan fingerprint density at radius 1 is 1.20 bits per heavy atom. The minimum atomic E-state index is -0.357. The summed E-state index contributed by atoms with van der Waals surface area (Å²) in [6.45, 7) is 3.55. The molecular weight excluding hydrogens is 318 g/mol. The van der Waals surface area contributed by atoms with Crippen LogP contribution in [-0.4, -0.2) is 67.2 Å². The fraction of sp³-hybridized carbons (Fsp3) is 0.579. The van der Waals surface area contributed by atoms with E-state index in [-0.39, 0.29) is 17.6 Å². The van der Waals surface area contributed by atoms with Crippen molar-refractivity contribution in [3.8, 4) is 0 Å². The van der Waals surface area contributed by atoms with Gasteiger partial charge in [0.2, 0.25) is 5.91 Å². The molecule has 1 aromatic carbocycles. The zero-order valence-corrected chi connectivity index (χ0v) is 14.7.